The number of nitrogens with zero attached hydrogens (tertiary/aromatic N) is 1. The fraction of sp³-hybridized carbons (Fsp3) is 0.455. The van der Waals surface area contributed by atoms with Crippen LogP contribution >= 0.6 is 15.9 Å². The second kappa shape index (κ2) is 4.37. The molecule has 0 N–H and O–H groups in total. The summed E-state index contributed by atoms with van der Waals surface area (Å²) in [4.78, 5) is 0. The van der Waals surface area contributed by atoms with E-state index in [-0.39, 0.29) is 5.75 Å². The zero-order valence-corrected chi connectivity index (χ0v) is 11.5. The van der Waals surface area contributed by atoms with Crippen molar-refractivity contribution in [2.45, 2.75) is 19.8 Å². The number of halogens is 1. The molecule has 0 aliphatic carbocycles. The Labute approximate surface area is 105 Å². The summed E-state index contributed by atoms with van der Waals surface area (Å²) in [7, 11) is -3.12. The van der Waals surface area contributed by atoms with Gasteiger partial charge in [0.2, 0.25) is 10.0 Å². The minimum atomic E-state index is -3.12. The van der Waals surface area contributed by atoms with Crippen molar-refractivity contribution in [1.82, 2.24) is 0 Å². The molecule has 1 aromatic carbocycles. The summed E-state index contributed by atoms with van der Waals surface area (Å²) >= 11 is 3.40. The predicted octanol–water partition coefficient (Wildman–Crippen LogP) is 2.55. The molecule has 0 unspecified atom stereocenters. The molecule has 88 valence electrons. The van der Waals surface area contributed by atoms with Gasteiger partial charge in [0.15, 0.2) is 0 Å². The number of sulfonamides is 1. The summed E-state index contributed by atoms with van der Waals surface area (Å²) in [5.41, 5.74) is 1.95. The summed E-state index contributed by atoms with van der Waals surface area (Å²) in [6.07, 6.45) is 1.46. The monoisotopic (exact) mass is 303 g/mol. The molecule has 0 amide bonds. The minimum Gasteiger partial charge on any atom is -0.270 e. The van der Waals surface area contributed by atoms with Crippen LogP contribution in [0.4, 0.5) is 5.69 Å². The lowest BCUT2D eigenvalue weighted by molar-refractivity contribution is 0.591. The van der Waals surface area contributed by atoms with Gasteiger partial charge in [-0.1, -0.05) is 22.9 Å². The van der Waals surface area contributed by atoms with Crippen molar-refractivity contribution >= 4 is 31.6 Å². The number of rotatable bonds is 3. The molecule has 0 atom stereocenters. The van der Waals surface area contributed by atoms with Crippen LogP contribution in [0.5, 0.6) is 0 Å². The second-order valence-corrected chi connectivity index (χ2v) is 6.84. The van der Waals surface area contributed by atoms with Crippen molar-refractivity contribution in [2.75, 3.05) is 16.6 Å². The molecule has 0 radical (unpaired) electrons. The van der Waals surface area contributed by atoms with Crippen molar-refractivity contribution in [3.63, 3.8) is 0 Å². The predicted molar refractivity (Wildman–Crippen MR) is 69.3 cm³/mol. The molecule has 0 aromatic heterocycles. The van der Waals surface area contributed by atoms with E-state index in [9.17, 15) is 8.42 Å². The Kier molecular flexibility index (Phi) is 3.26. The summed E-state index contributed by atoms with van der Waals surface area (Å²) < 4.78 is 26.5. The highest BCUT2D eigenvalue weighted by atomic mass is 79.9. The summed E-state index contributed by atoms with van der Waals surface area (Å²) in [6, 6.07) is 5.76. The van der Waals surface area contributed by atoms with Crippen molar-refractivity contribution in [3.8, 4) is 0 Å². The highest BCUT2D eigenvalue weighted by Gasteiger charge is 2.28. The lowest BCUT2D eigenvalue weighted by Crippen LogP contribution is -2.31. The summed E-state index contributed by atoms with van der Waals surface area (Å²) in [6.45, 7) is 2.46. The van der Waals surface area contributed by atoms with Gasteiger partial charge < -0.3 is 0 Å². The van der Waals surface area contributed by atoms with Crippen molar-refractivity contribution in [2.24, 2.45) is 0 Å². The lowest BCUT2D eigenvalue weighted by Gasteiger charge is -2.18. The third kappa shape index (κ3) is 2.11. The lowest BCUT2D eigenvalue weighted by atomic mass is 10.2. The van der Waals surface area contributed by atoms with Gasteiger partial charge in [-0.15, -0.1) is 0 Å². The van der Waals surface area contributed by atoms with Crippen LogP contribution < -0.4 is 4.31 Å². The van der Waals surface area contributed by atoms with Gasteiger partial charge >= 0.3 is 0 Å². The molecule has 5 heteroatoms. The third-order valence-electron chi connectivity index (χ3n) is 2.69. The van der Waals surface area contributed by atoms with E-state index in [0.29, 0.717) is 13.0 Å². The van der Waals surface area contributed by atoms with Crippen LogP contribution in [0.1, 0.15) is 18.9 Å². The van der Waals surface area contributed by atoms with E-state index >= 15 is 0 Å². The first-order valence-corrected chi connectivity index (χ1v) is 7.73. The topological polar surface area (TPSA) is 37.4 Å². The van der Waals surface area contributed by atoms with Crippen LogP contribution in [0.3, 0.4) is 0 Å². The van der Waals surface area contributed by atoms with Crippen LogP contribution in [0, 0.1) is 0 Å². The van der Waals surface area contributed by atoms with E-state index in [1.165, 1.54) is 4.31 Å². The normalized spacial score (nSPS) is 15.2. The summed E-state index contributed by atoms with van der Waals surface area (Å²) in [5, 5.41) is 0. The quantitative estimate of drug-likeness (QED) is 0.860. The van der Waals surface area contributed by atoms with Crippen molar-refractivity contribution < 1.29 is 8.42 Å². The largest absolute Gasteiger partial charge is 0.270 e. The Bertz CT molecular complexity index is 499. The maximum atomic E-state index is 12.0. The maximum absolute atomic E-state index is 12.0. The number of hydrogen-bond donors (Lipinski definition) is 0. The number of anilines is 1. The maximum Gasteiger partial charge on any atom is 0.235 e. The van der Waals surface area contributed by atoms with Gasteiger partial charge in [0.1, 0.15) is 0 Å². The standard InChI is InChI=1S/C11H14BrNO2S/c1-2-7-16(14,15)13-6-5-9-8-10(12)3-4-11(9)13/h3-4,8H,2,5-7H2,1H3. The van der Waals surface area contributed by atoms with E-state index in [0.717, 1.165) is 22.1 Å². The molecule has 0 saturated carbocycles. The zero-order valence-electron chi connectivity index (χ0n) is 9.11. The Morgan fingerprint density at radius 3 is 2.88 bits per heavy atom. The first kappa shape index (κ1) is 11.9. The van der Waals surface area contributed by atoms with Crippen LogP contribution in [0.25, 0.3) is 0 Å². The Balaban J connectivity index is 2.37. The fourth-order valence-corrected chi connectivity index (χ4v) is 3.99. The Morgan fingerprint density at radius 1 is 1.44 bits per heavy atom. The fourth-order valence-electron chi connectivity index (χ4n) is 2.00. The van der Waals surface area contributed by atoms with E-state index in [2.05, 4.69) is 15.9 Å². The zero-order chi connectivity index (χ0) is 11.8. The van der Waals surface area contributed by atoms with Gasteiger partial charge in [0.05, 0.1) is 11.4 Å². The van der Waals surface area contributed by atoms with E-state index in [1.807, 2.05) is 25.1 Å². The molecule has 0 saturated heterocycles. The smallest absolute Gasteiger partial charge is 0.235 e. The van der Waals surface area contributed by atoms with Gasteiger partial charge in [-0.3, -0.25) is 4.31 Å². The molecule has 1 aliphatic rings. The van der Waals surface area contributed by atoms with Gasteiger partial charge in [0, 0.05) is 11.0 Å². The SMILES string of the molecule is CCCS(=O)(=O)N1CCc2cc(Br)ccc21. The molecule has 1 aromatic rings. The third-order valence-corrected chi connectivity index (χ3v) is 5.16. The second-order valence-electron chi connectivity index (χ2n) is 3.91. The molecule has 0 bridgehead atoms. The Hall–Kier alpha value is -0.550. The molecule has 1 aliphatic heterocycles. The van der Waals surface area contributed by atoms with E-state index in [4.69, 9.17) is 0 Å². The molecular weight excluding hydrogens is 290 g/mol. The molecule has 0 fully saturated rings. The number of hydrogen-bond acceptors (Lipinski definition) is 2. The molecule has 0 spiro atoms. The number of benzene rings is 1. The highest BCUT2D eigenvalue weighted by Crippen LogP contribution is 2.32. The first-order chi connectivity index (χ1) is 7.54. The van der Waals surface area contributed by atoms with Gasteiger partial charge in [-0.05, 0) is 36.6 Å². The van der Waals surface area contributed by atoms with Crippen LogP contribution in [-0.4, -0.2) is 20.7 Å². The molecule has 16 heavy (non-hydrogen) atoms. The average Bonchev–Trinajstić information content (AvgIpc) is 2.60. The minimum absolute atomic E-state index is 0.225. The number of fused-ring (bicyclic) bond motifs is 1. The average molecular weight is 304 g/mol. The van der Waals surface area contributed by atoms with Crippen LogP contribution in [0.2, 0.25) is 0 Å². The van der Waals surface area contributed by atoms with Crippen molar-refractivity contribution in [1.29, 1.82) is 0 Å². The highest BCUT2D eigenvalue weighted by molar-refractivity contribution is 9.10. The summed E-state index contributed by atoms with van der Waals surface area (Å²) in [5.74, 6) is 0.225. The van der Waals surface area contributed by atoms with Gasteiger partial charge in [0.25, 0.3) is 0 Å². The van der Waals surface area contributed by atoms with Gasteiger partial charge in [-0.25, -0.2) is 8.42 Å². The molecular formula is C11H14BrNO2S. The molecule has 2 rings (SSSR count). The van der Waals surface area contributed by atoms with Gasteiger partial charge in [-0.2, -0.15) is 0 Å². The van der Waals surface area contributed by atoms with Crippen LogP contribution in [-0.2, 0) is 16.4 Å². The van der Waals surface area contributed by atoms with E-state index in [1.54, 1.807) is 0 Å². The molecule has 1 heterocycles. The van der Waals surface area contributed by atoms with E-state index < -0.39 is 10.0 Å². The first-order valence-electron chi connectivity index (χ1n) is 5.33. The van der Waals surface area contributed by atoms with Crippen LogP contribution in [0.15, 0.2) is 22.7 Å². The molecule has 3 nitrogen and oxygen atoms in total. The Morgan fingerprint density at radius 2 is 2.19 bits per heavy atom. The van der Waals surface area contributed by atoms with Crippen molar-refractivity contribution in [3.05, 3.63) is 28.2 Å².